The molecule has 1 aromatic rings. The number of rotatable bonds is 3. The van der Waals surface area contributed by atoms with E-state index in [-0.39, 0.29) is 17.8 Å². The number of halogens is 1. The molecule has 19 heavy (non-hydrogen) atoms. The summed E-state index contributed by atoms with van der Waals surface area (Å²) in [6.07, 6.45) is 3.69. The van der Waals surface area contributed by atoms with Crippen LogP contribution in [0.5, 0.6) is 0 Å². The van der Waals surface area contributed by atoms with Gasteiger partial charge in [-0.25, -0.2) is 0 Å². The molecule has 0 saturated carbocycles. The first-order chi connectivity index (χ1) is 8.50. The van der Waals surface area contributed by atoms with E-state index in [1.807, 2.05) is 0 Å². The second-order valence-electron chi connectivity index (χ2n) is 6.12. The third-order valence-electron chi connectivity index (χ3n) is 3.48. The van der Waals surface area contributed by atoms with E-state index in [1.54, 1.807) is 0 Å². The summed E-state index contributed by atoms with van der Waals surface area (Å²) < 4.78 is 5.32. The Morgan fingerprint density at radius 2 is 2.11 bits per heavy atom. The van der Waals surface area contributed by atoms with Crippen molar-refractivity contribution in [3.63, 3.8) is 0 Å². The number of nitrogens with two attached hydrogens (primary N) is 1. The number of piperidine rings is 1. The Morgan fingerprint density at radius 3 is 2.68 bits per heavy atom. The van der Waals surface area contributed by atoms with Gasteiger partial charge in [0.2, 0.25) is 5.89 Å². The Balaban J connectivity index is 0.00000180. The molecule has 6 heteroatoms. The van der Waals surface area contributed by atoms with Gasteiger partial charge in [-0.2, -0.15) is 4.98 Å². The molecule has 1 aromatic heterocycles. The highest BCUT2D eigenvalue weighted by Gasteiger charge is 2.25. The maximum atomic E-state index is 5.82. The van der Waals surface area contributed by atoms with E-state index in [0.29, 0.717) is 18.5 Å². The van der Waals surface area contributed by atoms with Crippen molar-refractivity contribution in [1.29, 1.82) is 0 Å². The molecule has 1 atom stereocenters. The van der Waals surface area contributed by atoms with E-state index < -0.39 is 0 Å². The monoisotopic (exact) mass is 288 g/mol. The van der Waals surface area contributed by atoms with E-state index in [0.717, 1.165) is 18.9 Å². The zero-order chi connectivity index (χ0) is 13.2. The van der Waals surface area contributed by atoms with Gasteiger partial charge in [0, 0.05) is 18.0 Å². The van der Waals surface area contributed by atoms with Gasteiger partial charge < -0.3 is 10.3 Å². The Labute approximate surface area is 121 Å². The average Bonchev–Trinajstić information content (AvgIpc) is 2.78. The van der Waals surface area contributed by atoms with Crippen molar-refractivity contribution in [3.8, 4) is 0 Å². The fourth-order valence-corrected chi connectivity index (χ4v) is 2.34. The summed E-state index contributed by atoms with van der Waals surface area (Å²) in [5, 5.41) is 4.08. The molecule has 0 amide bonds. The summed E-state index contributed by atoms with van der Waals surface area (Å²) in [5.74, 6) is 1.49. The molecular weight excluding hydrogens is 264 g/mol. The molecule has 0 aromatic carbocycles. The predicted octanol–water partition coefficient (Wildman–Crippen LogP) is 2.10. The highest BCUT2D eigenvalue weighted by molar-refractivity contribution is 5.85. The van der Waals surface area contributed by atoms with Crippen molar-refractivity contribution in [2.75, 3.05) is 13.1 Å². The zero-order valence-corrected chi connectivity index (χ0v) is 12.9. The largest absolute Gasteiger partial charge is 0.339 e. The van der Waals surface area contributed by atoms with Gasteiger partial charge in [-0.1, -0.05) is 32.3 Å². The van der Waals surface area contributed by atoms with Crippen molar-refractivity contribution >= 4 is 12.4 Å². The van der Waals surface area contributed by atoms with Gasteiger partial charge in [0.05, 0.1) is 6.54 Å². The topological polar surface area (TPSA) is 68.2 Å². The molecule has 0 radical (unpaired) electrons. The van der Waals surface area contributed by atoms with Crippen molar-refractivity contribution in [1.82, 2.24) is 15.0 Å². The van der Waals surface area contributed by atoms with Crippen molar-refractivity contribution in [2.24, 2.45) is 5.73 Å². The van der Waals surface area contributed by atoms with E-state index in [1.165, 1.54) is 19.3 Å². The second kappa shape index (κ2) is 6.68. The van der Waals surface area contributed by atoms with Gasteiger partial charge in [-0.05, 0) is 19.4 Å². The Kier molecular flexibility index (Phi) is 5.77. The summed E-state index contributed by atoms with van der Waals surface area (Å²) in [7, 11) is 0. The van der Waals surface area contributed by atoms with Gasteiger partial charge >= 0.3 is 0 Å². The summed E-state index contributed by atoms with van der Waals surface area (Å²) in [5.41, 5.74) is 5.73. The van der Waals surface area contributed by atoms with Gasteiger partial charge in [-0.15, -0.1) is 12.4 Å². The molecule has 1 aliphatic rings. The minimum absolute atomic E-state index is 0. The molecule has 1 unspecified atom stereocenters. The Bertz CT molecular complexity index is 388. The second-order valence-corrected chi connectivity index (χ2v) is 6.12. The summed E-state index contributed by atoms with van der Waals surface area (Å²) >= 11 is 0. The standard InChI is InChI=1S/C13H24N4O.ClH/c1-13(2,3)12-15-11(16-18-12)9-17-7-5-4-6-10(17)8-14;/h10H,4-9,14H2,1-3H3;1H. The van der Waals surface area contributed by atoms with Crippen LogP contribution in [0, 0.1) is 0 Å². The zero-order valence-electron chi connectivity index (χ0n) is 12.1. The maximum absolute atomic E-state index is 5.82. The summed E-state index contributed by atoms with van der Waals surface area (Å²) in [4.78, 5) is 6.86. The van der Waals surface area contributed by atoms with Crippen LogP contribution in [0.4, 0.5) is 0 Å². The van der Waals surface area contributed by atoms with E-state index in [2.05, 4.69) is 35.8 Å². The third kappa shape index (κ3) is 4.16. The first-order valence-corrected chi connectivity index (χ1v) is 6.78. The van der Waals surface area contributed by atoms with Crippen LogP contribution >= 0.6 is 12.4 Å². The molecule has 1 aliphatic heterocycles. The average molecular weight is 289 g/mol. The third-order valence-corrected chi connectivity index (χ3v) is 3.48. The minimum Gasteiger partial charge on any atom is -0.339 e. The van der Waals surface area contributed by atoms with Crippen molar-refractivity contribution < 1.29 is 4.52 Å². The summed E-state index contributed by atoms with van der Waals surface area (Å²) in [6, 6.07) is 0.468. The van der Waals surface area contributed by atoms with E-state index in [9.17, 15) is 0 Å². The number of hydrogen-bond acceptors (Lipinski definition) is 5. The predicted molar refractivity (Wildman–Crippen MR) is 77.3 cm³/mol. The highest BCUT2D eigenvalue weighted by Crippen LogP contribution is 2.22. The minimum atomic E-state index is -0.0829. The van der Waals surface area contributed by atoms with Gasteiger partial charge in [0.25, 0.3) is 0 Å². The van der Waals surface area contributed by atoms with Crippen LogP contribution in [0.15, 0.2) is 4.52 Å². The maximum Gasteiger partial charge on any atom is 0.232 e. The molecule has 1 fully saturated rings. The molecule has 2 N–H and O–H groups in total. The Hall–Kier alpha value is -0.650. The molecule has 2 heterocycles. The highest BCUT2D eigenvalue weighted by atomic mass is 35.5. The smallest absolute Gasteiger partial charge is 0.232 e. The van der Waals surface area contributed by atoms with Crippen LogP contribution in [-0.4, -0.2) is 34.2 Å². The van der Waals surface area contributed by atoms with E-state index >= 15 is 0 Å². The SMILES string of the molecule is CC(C)(C)c1nc(CN2CCCCC2CN)no1.Cl. The lowest BCUT2D eigenvalue weighted by Gasteiger charge is -2.33. The molecular formula is C13H25ClN4O. The fourth-order valence-electron chi connectivity index (χ4n) is 2.34. The lowest BCUT2D eigenvalue weighted by atomic mass is 9.97. The molecule has 0 bridgehead atoms. The normalized spacial score (nSPS) is 21.2. The van der Waals surface area contributed by atoms with Crippen LogP contribution in [0.2, 0.25) is 0 Å². The molecule has 1 saturated heterocycles. The molecule has 0 spiro atoms. The number of nitrogens with zero attached hydrogens (tertiary/aromatic N) is 3. The van der Waals surface area contributed by atoms with E-state index in [4.69, 9.17) is 10.3 Å². The van der Waals surface area contributed by atoms with Crippen LogP contribution < -0.4 is 5.73 Å². The lowest BCUT2D eigenvalue weighted by molar-refractivity contribution is 0.140. The van der Waals surface area contributed by atoms with Gasteiger partial charge in [-0.3, -0.25) is 4.90 Å². The number of likely N-dealkylation sites (tertiary alicyclic amines) is 1. The van der Waals surface area contributed by atoms with Crippen LogP contribution in [0.3, 0.4) is 0 Å². The first kappa shape index (κ1) is 16.4. The molecule has 5 nitrogen and oxygen atoms in total. The lowest BCUT2D eigenvalue weighted by Crippen LogP contribution is -2.43. The van der Waals surface area contributed by atoms with Crippen molar-refractivity contribution in [2.45, 2.75) is 58.0 Å². The quantitative estimate of drug-likeness (QED) is 0.922. The van der Waals surface area contributed by atoms with Crippen LogP contribution in [0.25, 0.3) is 0 Å². The Morgan fingerprint density at radius 1 is 1.37 bits per heavy atom. The van der Waals surface area contributed by atoms with Crippen molar-refractivity contribution in [3.05, 3.63) is 11.7 Å². The number of hydrogen-bond donors (Lipinski definition) is 1. The first-order valence-electron chi connectivity index (χ1n) is 6.78. The fraction of sp³-hybridized carbons (Fsp3) is 0.846. The van der Waals surface area contributed by atoms with Crippen LogP contribution in [0.1, 0.15) is 51.7 Å². The van der Waals surface area contributed by atoms with Gasteiger partial charge in [0.15, 0.2) is 5.82 Å². The van der Waals surface area contributed by atoms with Gasteiger partial charge in [0.1, 0.15) is 0 Å². The molecule has 2 rings (SSSR count). The molecule has 110 valence electrons. The van der Waals surface area contributed by atoms with Crippen LogP contribution in [-0.2, 0) is 12.0 Å². The molecule has 0 aliphatic carbocycles. The summed E-state index contributed by atoms with van der Waals surface area (Å²) in [6.45, 7) is 8.78. The number of aromatic nitrogens is 2.